The van der Waals surface area contributed by atoms with Crippen LogP contribution in [-0.2, 0) is 13.0 Å². The number of guanidine groups is 1. The van der Waals surface area contributed by atoms with Crippen molar-refractivity contribution in [1.29, 1.82) is 0 Å². The summed E-state index contributed by atoms with van der Waals surface area (Å²) >= 11 is 0. The van der Waals surface area contributed by atoms with Gasteiger partial charge in [0.05, 0.1) is 13.7 Å². The molecule has 0 aliphatic rings. The SMILES string of the molecule is CCNC(=NCc1cccc(C(=O)NCCN(C)C)c1)NCCc1ccccc1OC.I. The van der Waals surface area contributed by atoms with Crippen LogP contribution in [0.3, 0.4) is 0 Å². The summed E-state index contributed by atoms with van der Waals surface area (Å²) in [6.07, 6.45) is 0.830. The lowest BCUT2D eigenvalue weighted by molar-refractivity contribution is 0.0951. The highest BCUT2D eigenvalue weighted by Crippen LogP contribution is 2.17. The molecule has 2 rings (SSSR count). The summed E-state index contributed by atoms with van der Waals surface area (Å²) in [5.41, 5.74) is 2.80. The van der Waals surface area contributed by atoms with Gasteiger partial charge >= 0.3 is 0 Å². The maximum Gasteiger partial charge on any atom is 0.251 e. The van der Waals surface area contributed by atoms with Crippen LogP contribution in [0.4, 0.5) is 0 Å². The van der Waals surface area contributed by atoms with Gasteiger partial charge in [-0.3, -0.25) is 4.79 Å². The molecule has 0 aromatic heterocycles. The average molecular weight is 553 g/mol. The van der Waals surface area contributed by atoms with Gasteiger partial charge in [-0.2, -0.15) is 0 Å². The van der Waals surface area contributed by atoms with E-state index in [0.717, 1.165) is 48.9 Å². The smallest absolute Gasteiger partial charge is 0.251 e. The molecule has 8 heteroatoms. The number of nitrogens with zero attached hydrogens (tertiary/aromatic N) is 2. The number of aliphatic imine (C=N–C) groups is 1. The fraction of sp³-hybridized carbons (Fsp3) is 0.417. The number of rotatable bonds is 11. The fourth-order valence-corrected chi connectivity index (χ4v) is 3.04. The normalized spacial score (nSPS) is 11.0. The third-order valence-corrected chi connectivity index (χ3v) is 4.68. The Hall–Kier alpha value is -2.33. The molecular formula is C24H36IN5O2. The van der Waals surface area contributed by atoms with Crippen LogP contribution in [0.2, 0.25) is 0 Å². The quantitative estimate of drug-likeness (QED) is 0.227. The summed E-state index contributed by atoms with van der Waals surface area (Å²) in [7, 11) is 5.66. The summed E-state index contributed by atoms with van der Waals surface area (Å²) < 4.78 is 5.41. The molecule has 0 unspecified atom stereocenters. The highest BCUT2D eigenvalue weighted by atomic mass is 127. The number of para-hydroxylation sites is 1. The molecule has 0 fully saturated rings. The van der Waals surface area contributed by atoms with Gasteiger partial charge in [0.2, 0.25) is 0 Å². The van der Waals surface area contributed by atoms with Crippen molar-refractivity contribution < 1.29 is 9.53 Å². The van der Waals surface area contributed by atoms with Crippen LogP contribution < -0.4 is 20.7 Å². The molecule has 176 valence electrons. The Kier molecular flexibility index (Phi) is 13.4. The topological polar surface area (TPSA) is 78.0 Å². The number of nitrogens with one attached hydrogen (secondary N) is 3. The highest BCUT2D eigenvalue weighted by Gasteiger charge is 2.07. The minimum atomic E-state index is -0.0606. The van der Waals surface area contributed by atoms with Gasteiger partial charge in [-0.15, -0.1) is 24.0 Å². The summed E-state index contributed by atoms with van der Waals surface area (Å²) in [6.45, 7) is 5.46. The van der Waals surface area contributed by atoms with E-state index >= 15 is 0 Å². The maximum absolute atomic E-state index is 12.3. The van der Waals surface area contributed by atoms with Gasteiger partial charge in [-0.25, -0.2) is 4.99 Å². The van der Waals surface area contributed by atoms with Crippen molar-refractivity contribution in [3.8, 4) is 5.75 Å². The van der Waals surface area contributed by atoms with E-state index in [1.54, 1.807) is 7.11 Å². The molecule has 0 atom stereocenters. The molecular weight excluding hydrogens is 517 g/mol. The van der Waals surface area contributed by atoms with Gasteiger partial charge in [0.1, 0.15) is 5.75 Å². The number of benzene rings is 2. The van der Waals surface area contributed by atoms with Crippen LogP contribution >= 0.6 is 24.0 Å². The lowest BCUT2D eigenvalue weighted by Crippen LogP contribution is -2.38. The predicted molar refractivity (Wildman–Crippen MR) is 142 cm³/mol. The monoisotopic (exact) mass is 553 g/mol. The number of hydrogen-bond acceptors (Lipinski definition) is 4. The first-order valence-corrected chi connectivity index (χ1v) is 10.7. The van der Waals surface area contributed by atoms with Gasteiger partial charge in [0, 0.05) is 31.7 Å². The van der Waals surface area contributed by atoms with Crippen molar-refractivity contribution in [3.05, 3.63) is 65.2 Å². The average Bonchev–Trinajstić information content (AvgIpc) is 2.77. The lowest BCUT2D eigenvalue weighted by atomic mass is 10.1. The van der Waals surface area contributed by atoms with Crippen LogP contribution in [0.5, 0.6) is 5.75 Å². The Labute approximate surface area is 209 Å². The third kappa shape index (κ3) is 9.86. The van der Waals surface area contributed by atoms with Gasteiger partial charge in [-0.1, -0.05) is 30.3 Å². The van der Waals surface area contributed by atoms with Crippen molar-refractivity contribution in [2.45, 2.75) is 19.9 Å². The number of carbonyl (C=O) groups is 1. The molecule has 0 aliphatic carbocycles. The highest BCUT2D eigenvalue weighted by molar-refractivity contribution is 14.0. The number of amides is 1. The Balaban J connectivity index is 0.00000512. The van der Waals surface area contributed by atoms with Crippen molar-refractivity contribution in [3.63, 3.8) is 0 Å². The number of methoxy groups -OCH3 is 1. The number of carbonyl (C=O) groups excluding carboxylic acids is 1. The van der Waals surface area contributed by atoms with Gasteiger partial charge in [-0.05, 0) is 56.8 Å². The summed E-state index contributed by atoms with van der Waals surface area (Å²) in [5, 5.41) is 9.58. The van der Waals surface area contributed by atoms with Crippen LogP contribution in [-0.4, -0.2) is 64.2 Å². The maximum atomic E-state index is 12.3. The zero-order chi connectivity index (χ0) is 22.5. The minimum Gasteiger partial charge on any atom is -0.496 e. The second-order valence-electron chi connectivity index (χ2n) is 7.44. The third-order valence-electron chi connectivity index (χ3n) is 4.68. The molecule has 0 heterocycles. The van der Waals surface area contributed by atoms with Crippen LogP contribution in [0.25, 0.3) is 0 Å². The van der Waals surface area contributed by atoms with Crippen LogP contribution in [0.1, 0.15) is 28.4 Å². The predicted octanol–water partition coefficient (Wildman–Crippen LogP) is 2.90. The molecule has 3 N–H and O–H groups in total. The van der Waals surface area contributed by atoms with E-state index in [1.165, 1.54) is 0 Å². The van der Waals surface area contributed by atoms with E-state index in [4.69, 9.17) is 4.74 Å². The Morgan fingerprint density at radius 1 is 1.03 bits per heavy atom. The zero-order valence-corrected chi connectivity index (χ0v) is 21.8. The largest absolute Gasteiger partial charge is 0.496 e. The molecule has 0 radical (unpaired) electrons. The fourth-order valence-electron chi connectivity index (χ4n) is 3.04. The summed E-state index contributed by atoms with van der Waals surface area (Å²) in [5.74, 6) is 1.58. The number of halogens is 1. The first kappa shape index (κ1) is 27.7. The number of ether oxygens (including phenoxy) is 1. The molecule has 2 aromatic rings. The van der Waals surface area contributed by atoms with E-state index in [2.05, 4.69) is 27.0 Å². The van der Waals surface area contributed by atoms with Crippen molar-refractivity contribution in [1.82, 2.24) is 20.9 Å². The first-order valence-electron chi connectivity index (χ1n) is 10.7. The zero-order valence-electron chi connectivity index (χ0n) is 19.5. The summed E-state index contributed by atoms with van der Waals surface area (Å²) in [6, 6.07) is 15.6. The molecule has 7 nitrogen and oxygen atoms in total. The second kappa shape index (κ2) is 15.5. The summed E-state index contributed by atoms with van der Waals surface area (Å²) in [4.78, 5) is 19.1. The van der Waals surface area contributed by atoms with Crippen molar-refractivity contribution in [2.75, 3.05) is 47.4 Å². The lowest BCUT2D eigenvalue weighted by Gasteiger charge is -2.13. The standard InChI is InChI=1S/C24H35N5O2.HI/c1-5-25-24(27-14-13-20-10-6-7-12-22(20)31-4)28-18-19-9-8-11-21(17-19)23(30)26-15-16-29(2)3;/h6-12,17H,5,13-16,18H2,1-4H3,(H,26,30)(H2,25,27,28);1H. The molecule has 0 spiro atoms. The van der Waals surface area contributed by atoms with Gasteiger partial charge < -0.3 is 25.6 Å². The van der Waals surface area contributed by atoms with E-state index < -0.39 is 0 Å². The second-order valence-corrected chi connectivity index (χ2v) is 7.44. The van der Waals surface area contributed by atoms with E-state index in [-0.39, 0.29) is 29.9 Å². The molecule has 2 aromatic carbocycles. The molecule has 0 saturated carbocycles. The van der Waals surface area contributed by atoms with E-state index in [9.17, 15) is 4.79 Å². The number of hydrogen-bond donors (Lipinski definition) is 3. The van der Waals surface area contributed by atoms with Crippen molar-refractivity contribution >= 4 is 35.8 Å². The van der Waals surface area contributed by atoms with Gasteiger partial charge in [0.15, 0.2) is 5.96 Å². The molecule has 0 bridgehead atoms. The van der Waals surface area contributed by atoms with E-state index in [0.29, 0.717) is 18.7 Å². The molecule has 32 heavy (non-hydrogen) atoms. The van der Waals surface area contributed by atoms with E-state index in [1.807, 2.05) is 68.4 Å². The Morgan fingerprint density at radius 3 is 2.53 bits per heavy atom. The number of likely N-dealkylation sites (N-methyl/N-ethyl adjacent to an activating group) is 1. The van der Waals surface area contributed by atoms with Crippen LogP contribution in [0.15, 0.2) is 53.5 Å². The Morgan fingerprint density at radius 2 is 1.81 bits per heavy atom. The first-order chi connectivity index (χ1) is 15.0. The van der Waals surface area contributed by atoms with Crippen LogP contribution in [0, 0.1) is 0 Å². The van der Waals surface area contributed by atoms with Crippen molar-refractivity contribution in [2.24, 2.45) is 4.99 Å². The van der Waals surface area contributed by atoms with Gasteiger partial charge in [0.25, 0.3) is 5.91 Å². The molecule has 0 aliphatic heterocycles. The molecule has 1 amide bonds. The molecule has 0 saturated heterocycles. The Bertz CT molecular complexity index is 858. The minimum absolute atomic E-state index is 0.